The minimum absolute atomic E-state index is 0.00932. The van der Waals surface area contributed by atoms with E-state index in [0.29, 0.717) is 31.2 Å². The molecule has 8 heteroatoms. The average Bonchev–Trinajstić information content (AvgIpc) is 3.07. The zero-order valence-corrected chi connectivity index (χ0v) is 18.3. The van der Waals surface area contributed by atoms with Gasteiger partial charge in [0.1, 0.15) is 11.8 Å². The molecule has 5 atom stereocenters. The van der Waals surface area contributed by atoms with Crippen LogP contribution < -0.4 is 15.4 Å². The molecule has 3 fully saturated rings. The van der Waals surface area contributed by atoms with E-state index in [1.807, 2.05) is 23.1 Å². The van der Waals surface area contributed by atoms with Crippen molar-refractivity contribution in [3.8, 4) is 5.75 Å². The summed E-state index contributed by atoms with van der Waals surface area (Å²) in [4.78, 5) is 42.2. The molecule has 3 aliphatic rings. The normalized spacial score (nSPS) is 28.9. The number of ether oxygens (including phenoxy) is 1. The quantitative estimate of drug-likeness (QED) is 0.763. The third-order valence-electron chi connectivity index (χ3n) is 6.98. The van der Waals surface area contributed by atoms with Crippen molar-refractivity contribution >= 4 is 17.9 Å². The number of piperidine rings is 1. The lowest BCUT2D eigenvalue weighted by atomic mass is 9.90. The zero-order valence-electron chi connectivity index (χ0n) is 18.3. The molecule has 0 aliphatic carbocycles. The molecule has 0 spiro atoms. The van der Waals surface area contributed by atoms with Crippen molar-refractivity contribution in [2.45, 2.75) is 63.2 Å². The molecular formula is C23H32N4O4. The van der Waals surface area contributed by atoms with Gasteiger partial charge < -0.3 is 25.2 Å². The van der Waals surface area contributed by atoms with Gasteiger partial charge in [0, 0.05) is 19.1 Å². The Morgan fingerprint density at radius 3 is 2.68 bits per heavy atom. The Bertz CT molecular complexity index is 817. The number of likely N-dealkylation sites (N-methyl/N-ethyl adjacent to an activating group) is 1. The molecule has 0 radical (unpaired) electrons. The van der Waals surface area contributed by atoms with Crippen LogP contribution in [0.3, 0.4) is 0 Å². The Morgan fingerprint density at radius 1 is 1.16 bits per heavy atom. The number of benzene rings is 1. The summed E-state index contributed by atoms with van der Waals surface area (Å²) >= 11 is 0. The van der Waals surface area contributed by atoms with Crippen LogP contribution in [-0.4, -0.2) is 72.0 Å². The summed E-state index contributed by atoms with van der Waals surface area (Å²) < 4.78 is 5.52. The van der Waals surface area contributed by atoms with E-state index in [2.05, 4.69) is 10.6 Å². The van der Waals surface area contributed by atoms with Crippen LogP contribution in [0.4, 0.5) is 4.79 Å². The maximum absolute atomic E-state index is 13.5. The van der Waals surface area contributed by atoms with Gasteiger partial charge in [-0.1, -0.05) is 18.2 Å². The Labute approximate surface area is 183 Å². The van der Waals surface area contributed by atoms with Crippen LogP contribution in [0.5, 0.6) is 5.75 Å². The summed E-state index contributed by atoms with van der Waals surface area (Å²) in [5, 5.41) is 5.86. The number of hydrogen-bond acceptors (Lipinski definition) is 5. The Hall–Kier alpha value is -2.61. The molecule has 0 bridgehead atoms. The van der Waals surface area contributed by atoms with Gasteiger partial charge in [0.2, 0.25) is 11.8 Å². The predicted molar refractivity (Wildman–Crippen MR) is 115 cm³/mol. The molecule has 0 aromatic heterocycles. The summed E-state index contributed by atoms with van der Waals surface area (Å²) in [6, 6.07) is 8.37. The van der Waals surface area contributed by atoms with Crippen molar-refractivity contribution in [1.29, 1.82) is 0 Å². The molecule has 1 aromatic rings. The van der Waals surface area contributed by atoms with E-state index >= 15 is 0 Å². The number of amides is 3. The van der Waals surface area contributed by atoms with E-state index in [1.165, 1.54) is 0 Å². The number of likely N-dealkylation sites (tertiary alicyclic amines) is 1. The van der Waals surface area contributed by atoms with E-state index in [-0.39, 0.29) is 36.0 Å². The molecule has 8 nitrogen and oxygen atoms in total. The summed E-state index contributed by atoms with van der Waals surface area (Å²) in [6.45, 7) is 2.90. The fraction of sp³-hybridized carbons (Fsp3) is 0.609. The smallest absolute Gasteiger partial charge is 0.410 e. The van der Waals surface area contributed by atoms with Crippen molar-refractivity contribution in [2.24, 2.45) is 5.92 Å². The predicted octanol–water partition coefficient (Wildman–Crippen LogP) is 1.75. The zero-order chi connectivity index (χ0) is 22.0. The maximum atomic E-state index is 13.5. The molecule has 0 unspecified atom stereocenters. The highest BCUT2D eigenvalue weighted by molar-refractivity contribution is 5.90. The summed E-state index contributed by atoms with van der Waals surface area (Å²) in [5.41, 5.74) is 0. The third kappa shape index (κ3) is 4.54. The highest BCUT2D eigenvalue weighted by Gasteiger charge is 2.49. The van der Waals surface area contributed by atoms with Crippen LogP contribution in [-0.2, 0) is 9.59 Å². The van der Waals surface area contributed by atoms with Crippen LogP contribution in [0.15, 0.2) is 30.3 Å². The van der Waals surface area contributed by atoms with Gasteiger partial charge in [-0.25, -0.2) is 4.79 Å². The van der Waals surface area contributed by atoms with E-state index in [0.717, 1.165) is 25.7 Å². The van der Waals surface area contributed by atoms with E-state index < -0.39 is 6.04 Å². The van der Waals surface area contributed by atoms with Crippen molar-refractivity contribution < 1.29 is 19.1 Å². The minimum atomic E-state index is -0.501. The first-order chi connectivity index (χ1) is 15.0. The molecule has 31 heavy (non-hydrogen) atoms. The standard InChI is InChI=1S/C23H32N4O4/c1-15(24-2)21(28)25-19-10-6-7-17-13-16-11-12-26(14-20(16)27(17)22(19)29)23(30)31-18-8-4-3-5-9-18/h3-5,8-9,15-17,19-20,24H,6-7,10-14H2,1-2H3,(H,25,28)/t15-,16+,17-,19-,20+/m0/s1. The lowest BCUT2D eigenvalue weighted by Gasteiger charge is -2.39. The van der Waals surface area contributed by atoms with Gasteiger partial charge >= 0.3 is 6.09 Å². The number of nitrogens with zero attached hydrogens (tertiary/aromatic N) is 2. The molecular weight excluding hydrogens is 396 g/mol. The molecule has 0 saturated carbocycles. The first kappa shape index (κ1) is 21.6. The fourth-order valence-electron chi connectivity index (χ4n) is 5.15. The van der Waals surface area contributed by atoms with Crippen molar-refractivity contribution in [3.05, 3.63) is 30.3 Å². The molecule has 3 heterocycles. The third-order valence-corrected chi connectivity index (χ3v) is 6.98. The fourth-order valence-corrected chi connectivity index (χ4v) is 5.15. The number of carbonyl (C=O) groups is 3. The summed E-state index contributed by atoms with van der Waals surface area (Å²) in [5.74, 6) is 0.739. The van der Waals surface area contributed by atoms with Crippen LogP contribution in [0.25, 0.3) is 0 Å². The van der Waals surface area contributed by atoms with Gasteiger partial charge in [0.25, 0.3) is 0 Å². The van der Waals surface area contributed by atoms with Gasteiger partial charge in [-0.15, -0.1) is 0 Å². The SMILES string of the molecule is CN[C@@H](C)C(=O)N[C@H]1CCC[C@H]2C[C@H]3CCN(C(=O)Oc4ccccc4)C[C@H]3N2C1=O. The Morgan fingerprint density at radius 2 is 1.94 bits per heavy atom. The second-order valence-corrected chi connectivity index (χ2v) is 8.88. The monoisotopic (exact) mass is 428 g/mol. The van der Waals surface area contributed by atoms with Gasteiger partial charge in [-0.2, -0.15) is 0 Å². The van der Waals surface area contributed by atoms with Crippen LogP contribution >= 0.6 is 0 Å². The van der Waals surface area contributed by atoms with Crippen molar-refractivity contribution in [2.75, 3.05) is 20.1 Å². The van der Waals surface area contributed by atoms with Crippen molar-refractivity contribution in [3.63, 3.8) is 0 Å². The first-order valence-electron chi connectivity index (χ1n) is 11.3. The number of nitrogens with one attached hydrogen (secondary N) is 2. The summed E-state index contributed by atoms with van der Waals surface area (Å²) in [6.07, 6.45) is 3.98. The Kier molecular flexibility index (Phi) is 6.46. The molecule has 3 amide bonds. The molecule has 1 aromatic carbocycles. The number of para-hydroxylation sites is 1. The maximum Gasteiger partial charge on any atom is 0.415 e. The second-order valence-electron chi connectivity index (χ2n) is 8.88. The first-order valence-corrected chi connectivity index (χ1v) is 11.3. The number of rotatable bonds is 4. The van der Waals surface area contributed by atoms with Gasteiger partial charge in [-0.3, -0.25) is 9.59 Å². The summed E-state index contributed by atoms with van der Waals surface area (Å²) in [7, 11) is 1.73. The van der Waals surface area contributed by atoms with Crippen LogP contribution in [0.1, 0.15) is 39.0 Å². The highest BCUT2D eigenvalue weighted by Crippen LogP contribution is 2.40. The molecule has 2 N–H and O–H groups in total. The molecule has 3 aliphatic heterocycles. The second kappa shape index (κ2) is 9.26. The van der Waals surface area contributed by atoms with Crippen molar-refractivity contribution in [1.82, 2.24) is 20.4 Å². The Balaban J connectivity index is 1.45. The van der Waals surface area contributed by atoms with Crippen LogP contribution in [0.2, 0.25) is 0 Å². The van der Waals surface area contributed by atoms with Gasteiger partial charge in [-0.05, 0) is 64.1 Å². The largest absolute Gasteiger partial charge is 0.415 e. The molecule has 168 valence electrons. The minimum Gasteiger partial charge on any atom is -0.410 e. The number of hydrogen-bond donors (Lipinski definition) is 2. The van der Waals surface area contributed by atoms with E-state index in [9.17, 15) is 14.4 Å². The lowest BCUT2D eigenvalue weighted by molar-refractivity contribution is -0.139. The van der Waals surface area contributed by atoms with E-state index in [4.69, 9.17) is 4.74 Å². The molecule has 3 saturated heterocycles. The number of carbonyl (C=O) groups excluding carboxylic acids is 3. The van der Waals surface area contributed by atoms with Crippen LogP contribution in [0, 0.1) is 5.92 Å². The lowest BCUT2D eigenvalue weighted by Crippen LogP contribution is -2.57. The van der Waals surface area contributed by atoms with Gasteiger partial charge in [0.15, 0.2) is 0 Å². The van der Waals surface area contributed by atoms with Gasteiger partial charge in [0.05, 0.1) is 12.1 Å². The molecule has 4 rings (SSSR count). The number of fused-ring (bicyclic) bond motifs is 3. The highest BCUT2D eigenvalue weighted by atomic mass is 16.6. The van der Waals surface area contributed by atoms with E-state index in [1.54, 1.807) is 31.0 Å². The average molecular weight is 429 g/mol. The topological polar surface area (TPSA) is 91.0 Å².